The Hall–Kier alpha value is 0.0500. The molecule has 0 bridgehead atoms. The lowest BCUT2D eigenvalue weighted by atomic mass is 10.6. The molecule has 0 aliphatic carbocycles. The molecule has 16 heavy (non-hydrogen) atoms. The molecule has 2 heterocycles. The molecule has 1 aromatic rings. The van der Waals surface area contributed by atoms with Crippen molar-refractivity contribution in [3.05, 3.63) is 16.5 Å². The summed E-state index contributed by atoms with van der Waals surface area (Å²) < 4.78 is 37.4. The number of thiophene rings is 1. The Morgan fingerprint density at radius 3 is 2.44 bits per heavy atom. The second-order valence-corrected chi connectivity index (χ2v) is 8.89. The van der Waals surface area contributed by atoms with Crippen LogP contribution in [-0.2, 0) is 20.8 Å². The van der Waals surface area contributed by atoms with E-state index in [-0.39, 0.29) is 4.21 Å². The topological polar surface area (TPSA) is 54.5 Å². The second-order valence-electron chi connectivity index (χ2n) is 3.31. The van der Waals surface area contributed by atoms with Crippen LogP contribution in [0.3, 0.4) is 0 Å². The van der Waals surface area contributed by atoms with Gasteiger partial charge in [0.2, 0.25) is 0 Å². The van der Waals surface area contributed by atoms with Gasteiger partial charge in [0.05, 0.1) is 4.34 Å². The van der Waals surface area contributed by atoms with E-state index < -0.39 is 20.8 Å². The molecule has 1 fully saturated rings. The van der Waals surface area contributed by atoms with Crippen molar-refractivity contribution in [2.45, 2.75) is 4.21 Å². The molecule has 0 saturated carbocycles. The Balaban J connectivity index is 2.23. The Labute approximate surface area is 106 Å². The zero-order valence-corrected chi connectivity index (χ0v) is 11.5. The highest BCUT2D eigenvalue weighted by Crippen LogP contribution is 2.28. The Morgan fingerprint density at radius 1 is 1.31 bits per heavy atom. The van der Waals surface area contributed by atoms with Crippen molar-refractivity contribution in [1.29, 1.82) is 0 Å². The molecule has 0 radical (unpaired) electrons. The first-order valence-corrected chi connectivity index (χ1v) is 8.73. The molecule has 1 aliphatic rings. The molecule has 0 aromatic carbocycles. The largest absolute Gasteiger partial charge is 0.259 e. The quantitative estimate of drug-likeness (QED) is 0.823. The van der Waals surface area contributed by atoms with Gasteiger partial charge in [-0.2, -0.15) is 4.31 Å². The number of sulfonamides is 1. The molecule has 4 nitrogen and oxygen atoms in total. The molecule has 2 rings (SSSR count). The van der Waals surface area contributed by atoms with Gasteiger partial charge >= 0.3 is 0 Å². The summed E-state index contributed by atoms with van der Waals surface area (Å²) >= 11 is 6.76. The predicted octanol–water partition coefficient (Wildman–Crippen LogP) is 1.15. The summed E-state index contributed by atoms with van der Waals surface area (Å²) in [6.07, 6.45) is 0. The third-order valence-electron chi connectivity index (χ3n) is 2.28. The van der Waals surface area contributed by atoms with Gasteiger partial charge in [0.1, 0.15) is 4.21 Å². The molecule has 0 atom stereocenters. The highest BCUT2D eigenvalue weighted by Gasteiger charge is 2.29. The molecular weight excluding hydrogens is 290 g/mol. The molecule has 0 unspecified atom stereocenters. The minimum absolute atomic E-state index is 0.255. The van der Waals surface area contributed by atoms with E-state index in [1.54, 1.807) is 6.07 Å². The predicted molar refractivity (Wildman–Crippen MR) is 66.0 cm³/mol. The van der Waals surface area contributed by atoms with Gasteiger partial charge in [0.25, 0.3) is 10.0 Å². The van der Waals surface area contributed by atoms with Crippen LogP contribution >= 0.6 is 22.9 Å². The molecule has 0 amide bonds. The molecule has 1 aliphatic heterocycles. The molecule has 90 valence electrons. The smallest absolute Gasteiger partial charge is 0.252 e. The van der Waals surface area contributed by atoms with Crippen LogP contribution in [0.1, 0.15) is 0 Å². The highest BCUT2D eigenvalue weighted by atomic mass is 35.5. The summed E-state index contributed by atoms with van der Waals surface area (Å²) in [7, 11) is -4.31. The van der Waals surface area contributed by atoms with Crippen LogP contribution in [0.15, 0.2) is 16.3 Å². The van der Waals surface area contributed by atoms with E-state index >= 15 is 0 Å². The number of rotatable bonds is 2. The van der Waals surface area contributed by atoms with Crippen LogP contribution < -0.4 is 0 Å². The fourth-order valence-corrected chi connectivity index (χ4v) is 5.79. The van der Waals surface area contributed by atoms with Crippen LogP contribution in [0.5, 0.6) is 0 Å². The van der Waals surface area contributed by atoms with E-state index in [0.717, 1.165) is 11.3 Å². The summed E-state index contributed by atoms with van der Waals surface area (Å²) in [5.41, 5.74) is 0. The molecule has 1 aromatic heterocycles. The molecule has 8 heteroatoms. The first kappa shape index (κ1) is 12.5. The van der Waals surface area contributed by atoms with Gasteiger partial charge in [-0.05, 0) is 12.1 Å². The number of nitrogens with zero attached hydrogens (tertiary/aromatic N) is 1. The average molecular weight is 300 g/mol. The van der Waals surface area contributed by atoms with Crippen LogP contribution in [0.4, 0.5) is 0 Å². The van der Waals surface area contributed by atoms with Gasteiger partial charge < -0.3 is 0 Å². The summed E-state index contributed by atoms with van der Waals surface area (Å²) in [5, 5.41) is 0. The van der Waals surface area contributed by atoms with Gasteiger partial charge in [-0.3, -0.25) is 4.21 Å². The average Bonchev–Trinajstić information content (AvgIpc) is 2.66. The van der Waals surface area contributed by atoms with E-state index in [2.05, 4.69) is 0 Å². The maximum absolute atomic E-state index is 12.1. The van der Waals surface area contributed by atoms with E-state index in [1.807, 2.05) is 0 Å². The van der Waals surface area contributed by atoms with Gasteiger partial charge in [0.15, 0.2) is 0 Å². The zero-order valence-electron chi connectivity index (χ0n) is 8.26. The van der Waals surface area contributed by atoms with Crippen molar-refractivity contribution >= 4 is 43.8 Å². The Kier molecular flexibility index (Phi) is 3.70. The van der Waals surface area contributed by atoms with Crippen molar-refractivity contribution in [3.8, 4) is 0 Å². The fourth-order valence-electron chi connectivity index (χ4n) is 1.43. The normalized spacial score (nSPS) is 20.1. The third kappa shape index (κ3) is 2.48. The Morgan fingerprint density at radius 2 is 1.94 bits per heavy atom. The first-order chi connectivity index (χ1) is 7.50. The van der Waals surface area contributed by atoms with Crippen molar-refractivity contribution < 1.29 is 12.6 Å². The minimum atomic E-state index is -3.43. The summed E-state index contributed by atoms with van der Waals surface area (Å²) in [5.74, 6) is 0.830. The SMILES string of the molecule is O=S1CCN(S(=O)(=O)c2ccc(Cl)s2)CC1. The summed E-state index contributed by atoms with van der Waals surface area (Å²) in [6, 6.07) is 3.08. The number of hydrogen-bond donors (Lipinski definition) is 0. The standard InChI is InChI=1S/C8H10ClNO3S3/c9-7-1-2-8(14-7)16(12,13)10-3-5-15(11)6-4-10/h1-2H,3-6H2. The van der Waals surface area contributed by atoms with Crippen LogP contribution in [0.2, 0.25) is 4.34 Å². The Bertz CT molecular complexity index is 500. The number of halogens is 1. The maximum atomic E-state index is 12.1. The third-order valence-corrected chi connectivity index (χ3v) is 7.15. The highest BCUT2D eigenvalue weighted by molar-refractivity contribution is 7.91. The maximum Gasteiger partial charge on any atom is 0.252 e. The summed E-state index contributed by atoms with van der Waals surface area (Å²) in [6.45, 7) is 0.648. The second kappa shape index (κ2) is 4.73. The lowest BCUT2D eigenvalue weighted by Crippen LogP contribution is -2.41. The molecule has 0 N–H and O–H groups in total. The monoisotopic (exact) mass is 299 g/mol. The zero-order chi connectivity index (χ0) is 11.8. The van der Waals surface area contributed by atoms with E-state index in [4.69, 9.17) is 11.6 Å². The van der Waals surface area contributed by atoms with E-state index in [0.29, 0.717) is 28.9 Å². The van der Waals surface area contributed by atoms with Crippen molar-refractivity contribution in [3.63, 3.8) is 0 Å². The fraction of sp³-hybridized carbons (Fsp3) is 0.500. The van der Waals surface area contributed by atoms with E-state index in [9.17, 15) is 12.6 Å². The molecule has 1 saturated heterocycles. The van der Waals surface area contributed by atoms with E-state index in [1.165, 1.54) is 10.4 Å². The van der Waals surface area contributed by atoms with Crippen LogP contribution in [-0.4, -0.2) is 41.5 Å². The lowest BCUT2D eigenvalue weighted by Gasteiger charge is -2.24. The molecular formula is C8H10ClNO3S3. The van der Waals surface area contributed by atoms with Crippen molar-refractivity contribution in [1.82, 2.24) is 4.31 Å². The van der Waals surface area contributed by atoms with Crippen LogP contribution in [0.25, 0.3) is 0 Å². The van der Waals surface area contributed by atoms with Gasteiger partial charge in [-0.1, -0.05) is 11.6 Å². The minimum Gasteiger partial charge on any atom is -0.259 e. The van der Waals surface area contributed by atoms with Crippen molar-refractivity contribution in [2.24, 2.45) is 0 Å². The van der Waals surface area contributed by atoms with Gasteiger partial charge in [-0.25, -0.2) is 8.42 Å². The van der Waals surface area contributed by atoms with Crippen LogP contribution in [0, 0.1) is 0 Å². The summed E-state index contributed by atoms with van der Waals surface area (Å²) in [4.78, 5) is 0. The number of hydrogen-bond acceptors (Lipinski definition) is 4. The van der Waals surface area contributed by atoms with Crippen molar-refractivity contribution in [2.75, 3.05) is 24.6 Å². The molecule has 0 spiro atoms. The first-order valence-electron chi connectivity index (χ1n) is 4.60. The van der Waals surface area contributed by atoms with Gasteiger partial charge in [-0.15, -0.1) is 11.3 Å². The lowest BCUT2D eigenvalue weighted by molar-refractivity contribution is 0.440. The van der Waals surface area contributed by atoms with Gasteiger partial charge in [0, 0.05) is 35.4 Å².